The third kappa shape index (κ3) is 3.39. The normalized spacial score (nSPS) is 10.4. The molecule has 1 aromatic carbocycles. The summed E-state index contributed by atoms with van der Waals surface area (Å²) in [5.41, 5.74) is 1.89. The molecule has 130 valence electrons. The maximum absolute atomic E-state index is 11.6. The molecule has 3 rings (SSSR count). The fraction of sp³-hybridized carbons (Fsp3) is 0.188. The van der Waals surface area contributed by atoms with E-state index < -0.39 is 0 Å². The number of ether oxygens (including phenoxy) is 1. The Morgan fingerprint density at radius 3 is 2.60 bits per heavy atom. The monoisotopic (exact) mass is 341 g/mol. The maximum atomic E-state index is 11.6. The van der Waals surface area contributed by atoms with Crippen LogP contribution < -0.4 is 26.0 Å². The number of benzene rings is 1. The smallest absolute Gasteiger partial charge is 0.319 e. The number of nitrogens with zero attached hydrogens (tertiary/aromatic N) is 3. The van der Waals surface area contributed by atoms with Gasteiger partial charge in [-0.1, -0.05) is 0 Å². The molecule has 2 amide bonds. The van der Waals surface area contributed by atoms with E-state index in [-0.39, 0.29) is 6.03 Å². The lowest BCUT2D eigenvalue weighted by Gasteiger charge is -2.11. The van der Waals surface area contributed by atoms with Crippen molar-refractivity contribution in [2.24, 2.45) is 0 Å². The summed E-state index contributed by atoms with van der Waals surface area (Å²) in [6, 6.07) is 8.99. The topological polar surface area (TPSA) is 105 Å². The predicted molar refractivity (Wildman–Crippen MR) is 96.9 cm³/mol. The Bertz CT molecular complexity index is 889. The van der Waals surface area contributed by atoms with Crippen molar-refractivity contribution in [3.63, 3.8) is 0 Å². The molecule has 0 atom stereocenters. The van der Waals surface area contributed by atoms with Crippen LogP contribution in [0, 0.1) is 0 Å². The van der Waals surface area contributed by atoms with Gasteiger partial charge in [-0.25, -0.2) is 9.78 Å². The zero-order valence-corrected chi connectivity index (χ0v) is 14.1. The Hall–Kier alpha value is -3.49. The molecule has 4 N–H and O–H groups in total. The van der Waals surface area contributed by atoms with Gasteiger partial charge in [0, 0.05) is 25.8 Å². The standard InChI is InChI=1S/C16H19N7O2/c1-17-14-8-13(20-10-4-6-11(25-3)7-5-10)22-15-12(9-19-23(14)15)21-16(24)18-2/h4-9,17H,1-3H3,(H,20,22)(H2,18,21,24). The minimum atomic E-state index is -0.337. The van der Waals surface area contributed by atoms with Crippen LogP contribution in [0.1, 0.15) is 0 Å². The lowest BCUT2D eigenvalue weighted by molar-refractivity contribution is 0.254. The number of nitrogens with one attached hydrogen (secondary N) is 4. The van der Waals surface area contributed by atoms with Gasteiger partial charge in [-0.2, -0.15) is 9.61 Å². The number of fused-ring (bicyclic) bond motifs is 1. The number of aromatic nitrogens is 3. The molecule has 0 bridgehead atoms. The fourth-order valence-corrected chi connectivity index (χ4v) is 2.30. The van der Waals surface area contributed by atoms with Crippen LogP contribution >= 0.6 is 0 Å². The Balaban J connectivity index is 1.96. The van der Waals surface area contributed by atoms with Crippen LogP contribution in [0.2, 0.25) is 0 Å². The van der Waals surface area contributed by atoms with E-state index in [0.29, 0.717) is 17.2 Å². The molecule has 3 aromatic rings. The highest BCUT2D eigenvalue weighted by atomic mass is 16.5. The van der Waals surface area contributed by atoms with Crippen LogP contribution in [-0.4, -0.2) is 41.8 Å². The van der Waals surface area contributed by atoms with Gasteiger partial charge in [0.1, 0.15) is 23.1 Å². The molecule has 0 spiro atoms. The molecule has 0 unspecified atom stereocenters. The molecule has 0 aliphatic carbocycles. The van der Waals surface area contributed by atoms with Gasteiger partial charge >= 0.3 is 6.03 Å². The number of hydrogen-bond donors (Lipinski definition) is 4. The highest BCUT2D eigenvalue weighted by Gasteiger charge is 2.13. The van der Waals surface area contributed by atoms with E-state index in [1.807, 2.05) is 30.3 Å². The quantitative estimate of drug-likeness (QED) is 0.567. The molecule has 0 radical (unpaired) electrons. The zero-order valence-electron chi connectivity index (χ0n) is 14.1. The fourth-order valence-electron chi connectivity index (χ4n) is 2.30. The first kappa shape index (κ1) is 16.4. The molecule has 0 saturated heterocycles. The van der Waals surface area contributed by atoms with Gasteiger partial charge < -0.3 is 26.0 Å². The summed E-state index contributed by atoms with van der Waals surface area (Å²) >= 11 is 0. The van der Waals surface area contributed by atoms with E-state index in [9.17, 15) is 4.79 Å². The molecule has 0 fully saturated rings. The third-order valence-electron chi connectivity index (χ3n) is 3.57. The minimum Gasteiger partial charge on any atom is -0.497 e. The first-order valence-electron chi connectivity index (χ1n) is 7.61. The van der Waals surface area contributed by atoms with E-state index >= 15 is 0 Å². The van der Waals surface area contributed by atoms with E-state index in [0.717, 1.165) is 17.3 Å². The first-order valence-corrected chi connectivity index (χ1v) is 7.61. The van der Waals surface area contributed by atoms with Crippen LogP contribution in [0.5, 0.6) is 5.75 Å². The number of urea groups is 1. The van der Waals surface area contributed by atoms with Crippen molar-refractivity contribution in [2.45, 2.75) is 0 Å². The molecular formula is C16H19N7O2. The maximum Gasteiger partial charge on any atom is 0.319 e. The molecule has 2 heterocycles. The van der Waals surface area contributed by atoms with Gasteiger partial charge in [0.15, 0.2) is 5.65 Å². The summed E-state index contributed by atoms with van der Waals surface area (Å²) in [6.07, 6.45) is 1.55. The number of carbonyl (C=O) groups is 1. The lowest BCUT2D eigenvalue weighted by atomic mass is 10.3. The molecule has 0 aliphatic rings. The van der Waals surface area contributed by atoms with E-state index in [1.54, 1.807) is 31.9 Å². The summed E-state index contributed by atoms with van der Waals surface area (Å²) in [5.74, 6) is 2.12. The number of methoxy groups -OCH3 is 1. The van der Waals surface area contributed by atoms with Crippen molar-refractivity contribution in [1.82, 2.24) is 19.9 Å². The van der Waals surface area contributed by atoms with Crippen molar-refractivity contribution in [2.75, 3.05) is 37.2 Å². The van der Waals surface area contributed by atoms with Crippen molar-refractivity contribution in [3.05, 3.63) is 36.5 Å². The van der Waals surface area contributed by atoms with Crippen molar-refractivity contribution in [1.29, 1.82) is 0 Å². The predicted octanol–water partition coefficient (Wildman–Crippen LogP) is 2.27. The molecule has 9 heteroatoms. The molecule has 2 aromatic heterocycles. The molecule has 9 nitrogen and oxygen atoms in total. The second kappa shape index (κ2) is 6.95. The van der Waals surface area contributed by atoms with Crippen LogP contribution in [-0.2, 0) is 0 Å². The summed E-state index contributed by atoms with van der Waals surface area (Å²) in [4.78, 5) is 16.1. The molecule has 25 heavy (non-hydrogen) atoms. The Labute approximate surface area is 144 Å². The summed E-state index contributed by atoms with van der Waals surface area (Å²) in [6.45, 7) is 0. The van der Waals surface area contributed by atoms with Crippen LogP contribution in [0.4, 0.5) is 27.8 Å². The van der Waals surface area contributed by atoms with Crippen molar-refractivity contribution >= 4 is 34.7 Å². The summed E-state index contributed by atoms with van der Waals surface area (Å²) in [5, 5.41) is 15.8. The average Bonchev–Trinajstić information content (AvgIpc) is 3.04. The summed E-state index contributed by atoms with van der Waals surface area (Å²) < 4.78 is 6.77. The molecule has 0 saturated carbocycles. The van der Waals surface area contributed by atoms with Gasteiger partial charge in [-0.15, -0.1) is 0 Å². The first-order chi connectivity index (χ1) is 12.1. The van der Waals surface area contributed by atoms with Crippen LogP contribution in [0.15, 0.2) is 36.5 Å². The van der Waals surface area contributed by atoms with Gasteiger partial charge in [-0.05, 0) is 24.3 Å². The second-order valence-electron chi connectivity index (χ2n) is 5.13. The molecular weight excluding hydrogens is 322 g/mol. The Morgan fingerprint density at radius 1 is 1.20 bits per heavy atom. The van der Waals surface area contributed by atoms with Crippen LogP contribution in [0.3, 0.4) is 0 Å². The van der Waals surface area contributed by atoms with Gasteiger partial charge in [0.25, 0.3) is 0 Å². The summed E-state index contributed by atoms with van der Waals surface area (Å²) in [7, 11) is 4.96. The lowest BCUT2D eigenvalue weighted by Crippen LogP contribution is -2.24. The van der Waals surface area contributed by atoms with E-state index in [1.165, 1.54) is 0 Å². The van der Waals surface area contributed by atoms with Gasteiger partial charge in [0.05, 0.1) is 13.3 Å². The number of hydrogen-bond acceptors (Lipinski definition) is 6. The largest absolute Gasteiger partial charge is 0.497 e. The highest BCUT2D eigenvalue weighted by Crippen LogP contribution is 2.25. The Kier molecular flexibility index (Phi) is 4.55. The highest BCUT2D eigenvalue weighted by molar-refractivity contribution is 5.93. The number of rotatable bonds is 5. The SMILES string of the molecule is CNC(=O)Nc1cnn2c(NC)cc(Nc3ccc(OC)cc3)nc12. The van der Waals surface area contributed by atoms with Crippen molar-refractivity contribution in [3.8, 4) is 5.75 Å². The molecule has 0 aliphatic heterocycles. The number of carbonyl (C=O) groups excluding carboxylic acids is 1. The van der Waals surface area contributed by atoms with Crippen LogP contribution in [0.25, 0.3) is 5.65 Å². The van der Waals surface area contributed by atoms with Gasteiger partial charge in [0.2, 0.25) is 0 Å². The third-order valence-corrected chi connectivity index (χ3v) is 3.57. The Morgan fingerprint density at radius 2 is 1.96 bits per heavy atom. The van der Waals surface area contributed by atoms with Crippen molar-refractivity contribution < 1.29 is 9.53 Å². The van der Waals surface area contributed by atoms with E-state index in [2.05, 4.69) is 31.3 Å². The number of anilines is 4. The van der Waals surface area contributed by atoms with Gasteiger partial charge in [-0.3, -0.25) is 0 Å². The van der Waals surface area contributed by atoms with E-state index in [4.69, 9.17) is 4.74 Å². The minimum absolute atomic E-state index is 0.337. The zero-order chi connectivity index (χ0) is 17.8. The average molecular weight is 341 g/mol. The number of amides is 2. The second-order valence-corrected chi connectivity index (χ2v) is 5.13.